The predicted molar refractivity (Wildman–Crippen MR) is 112 cm³/mol. The van der Waals surface area contributed by atoms with Crippen molar-refractivity contribution in [1.29, 1.82) is 0 Å². The minimum atomic E-state index is 0.265. The smallest absolute Gasteiger partial charge is 0.215 e. The van der Waals surface area contributed by atoms with E-state index < -0.39 is 0 Å². The molecule has 1 spiro atoms. The van der Waals surface area contributed by atoms with Crippen molar-refractivity contribution in [2.75, 3.05) is 12.8 Å². The standard InChI is InChI=1S/C22H30N2OS/c1-16(2)14-26-21(24(4)15-25)23-20-17(3)22(11-7-8-12-22)13-18-9-5-6-10-19(18)20/h5-6,9-10,15-16H,7-8,11-14H2,1-4H3/b23-21+. The third kappa shape index (κ3) is 3.75. The molecule has 26 heavy (non-hydrogen) atoms. The Hall–Kier alpha value is -1.55. The van der Waals surface area contributed by atoms with Crippen LogP contribution in [0.4, 0.5) is 0 Å². The monoisotopic (exact) mass is 370 g/mol. The molecule has 140 valence electrons. The van der Waals surface area contributed by atoms with Crippen molar-refractivity contribution in [2.45, 2.75) is 52.9 Å². The van der Waals surface area contributed by atoms with Crippen molar-refractivity contribution in [2.24, 2.45) is 16.3 Å². The minimum absolute atomic E-state index is 0.265. The number of aliphatic imine (C=N–C) groups is 1. The lowest BCUT2D eigenvalue weighted by Crippen LogP contribution is -2.28. The first kappa shape index (κ1) is 19.2. The van der Waals surface area contributed by atoms with Crippen molar-refractivity contribution in [3.63, 3.8) is 0 Å². The number of amidine groups is 1. The molecule has 2 aliphatic rings. The summed E-state index contributed by atoms with van der Waals surface area (Å²) in [6, 6.07) is 8.67. The highest BCUT2D eigenvalue weighted by molar-refractivity contribution is 8.13. The van der Waals surface area contributed by atoms with Gasteiger partial charge in [-0.1, -0.05) is 62.7 Å². The van der Waals surface area contributed by atoms with E-state index in [2.05, 4.69) is 45.0 Å². The average molecular weight is 371 g/mol. The maximum atomic E-state index is 11.4. The van der Waals surface area contributed by atoms with E-state index >= 15 is 0 Å². The Bertz CT molecular complexity index is 729. The highest BCUT2D eigenvalue weighted by Crippen LogP contribution is 2.52. The van der Waals surface area contributed by atoms with Gasteiger partial charge in [-0.15, -0.1) is 0 Å². The van der Waals surface area contributed by atoms with Gasteiger partial charge in [-0.2, -0.15) is 0 Å². The third-order valence-electron chi connectivity index (χ3n) is 5.73. The molecule has 4 heteroatoms. The first-order valence-corrected chi connectivity index (χ1v) is 10.6. The molecule has 3 rings (SSSR count). The molecule has 0 saturated heterocycles. The lowest BCUT2D eigenvalue weighted by atomic mass is 9.69. The van der Waals surface area contributed by atoms with Crippen LogP contribution in [-0.4, -0.2) is 29.3 Å². The number of carbonyl (C=O) groups excluding carboxylic acids is 1. The summed E-state index contributed by atoms with van der Waals surface area (Å²) < 4.78 is 0. The molecular weight excluding hydrogens is 340 g/mol. The van der Waals surface area contributed by atoms with E-state index in [9.17, 15) is 4.79 Å². The number of fused-ring (bicyclic) bond motifs is 1. The van der Waals surface area contributed by atoms with Crippen LogP contribution >= 0.6 is 11.8 Å². The summed E-state index contributed by atoms with van der Waals surface area (Å²) in [5.41, 5.74) is 5.41. The van der Waals surface area contributed by atoms with Crippen LogP contribution in [0.3, 0.4) is 0 Å². The molecule has 1 aromatic carbocycles. The van der Waals surface area contributed by atoms with E-state index in [0.717, 1.165) is 29.4 Å². The number of hydrogen-bond donors (Lipinski definition) is 0. The number of amides is 1. The van der Waals surface area contributed by atoms with E-state index in [-0.39, 0.29) is 5.41 Å². The van der Waals surface area contributed by atoms with Gasteiger partial charge in [0.15, 0.2) is 5.17 Å². The second-order valence-corrected chi connectivity index (χ2v) is 9.10. The number of allylic oxidation sites excluding steroid dienone is 1. The van der Waals surface area contributed by atoms with Gasteiger partial charge in [0.1, 0.15) is 0 Å². The topological polar surface area (TPSA) is 32.7 Å². The van der Waals surface area contributed by atoms with Gasteiger partial charge < -0.3 is 0 Å². The maximum absolute atomic E-state index is 11.4. The molecule has 0 unspecified atom stereocenters. The number of rotatable bonds is 4. The zero-order valence-corrected chi connectivity index (χ0v) is 17.2. The van der Waals surface area contributed by atoms with Gasteiger partial charge in [-0.25, -0.2) is 4.99 Å². The minimum Gasteiger partial charge on any atom is -0.297 e. The van der Waals surface area contributed by atoms with E-state index in [0.29, 0.717) is 5.92 Å². The van der Waals surface area contributed by atoms with Gasteiger partial charge >= 0.3 is 0 Å². The second-order valence-electron chi connectivity index (χ2n) is 8.11. The molecular formula is C22H30N2OS. The molecule has 0 atom stereocenters. The Morgan fingerprint density at radius 2 is 2.00 bits per heavy atom. The second kappa shape index (κ2) is 7.99. The van der Waals surface area contributed by atoms with Crippen LogP contribution in [0.25, 0.3) is 5.70 Å². The number of benzene rings is 1. The molecule has 0 aliphatic heterocycles. The number of thioether (sulfide) groups is 1. The van der Waals surface area contributed by atoms with E-state index in [1.807, 2.05) is 0 Å². The Morgan fingerprint density at radius 3 is 2.65 bits per heavy atom. The zero-order valence-electron chi connectivity index (χ0n) is 16.4. The normalized spacial score (nSPS) is 19.2. The first-order valence-electron chi connectivity index (χ1n) is 9.66. The highest BCUT2D eigenvalue weighted by Gasteiger charge is 2.40. The molecule has 0 heterocycles. The van der Waals surface area contributed by atoms with Crippen molar-refractivity contribution in [1.82, 2.24) is 4.90 Å². The first-order chi connectivity index (χ1) is 12.5. The van der Waals surface area contributed by atoms with Gasteiger partial charge in [0.25, 0.3) is 0 Å². The number of hydrogen-bond acceptors (Lipinski definition) is 3. The number of nitrogens with zero attached hydrogens (tertiary/aromatic N) is 2. The van der Waals surface area contributed by atoms with Crippen molar-refractivity contribution >= 4 is 29.0 Å². The van der Waals surface area contributed by atoms with Crippen LogP contribution in [0.1, 0.15) is 57.6 Å². The van der Waals surface area contributed by atoms with Crippen LogP contribution in [0.15, 0.2) is 34.8 Å². The summed E-state index contributed by atoms with van der Waals surface area (Å²) >= 11 is 1.67. The van der Waals surface area contributed by atoms with Crippen molar-refractivity contribution in [3.8, 4) is 0 Å². The predicted octanol–water partition coefficient (Wildman–Crippen LogP) is 5.37. The molecule has 1 fully saturated rings. The van der Waals surface area contributed by atoms with Crippen molar-refractivity contribution in [3.05, 3.63) is 41.0 Å². The van der Waals surface area contributed by atoms with Gasteiger partial charge in [0.2, 0.25) is 6.41 Å². The fourth-order valence-electron chi connectivity index (χ4n) is 4.20. The van der Waals surface area contributed by atoms with Gasteiger partial charge in [-0.05, 0) is 48.7 Å². The summed E-state index contributed by atoms with van der Waals surface area (Å²) in [6.07, 6.45) is 7.11. The molecule has 1 amide bonds. The molecule has 0 N–H and O–H groups in total. The molecule has 1 saturated carbocycles. The lowest BCUT2D eigenvalue weighted by Gasteiger charge is -2.37. The van der Waals surface area contributed by atoms with Crippen LogP contribution in [0.2, 0.25) is 0 Å². The van der Waals surface area contributed by atoms with Crippen LogP contribution in [-0.2, 0) is 11.2 Å². The fourth-order valence-corrected chi connectivity index (χ4v) is 5.08. The highest BCUT2D eigenvalue weighted by atomic mass is 32.2. The Labute approximate surface area is 162 Å². The molecule has 0 aromatic heterocycles. The fraction of sp³-hybridized carbons (Fsp3) is 0.545. The Morgan fingerprint density at radius 1 is 1.31 bits per heavy atom. The summed E-state index contributed by atoms with van der Waals surface area (Å²) in [7, 11) is 1.80. The van der Waals surface area contributed by atoms with Gasteiger partial charge in [0, 0.05) is 18.4 Å². The number of carbonyl (C=O) groups is 1. The molecule has 1 aromatic rings. The van der Waals surface area contributed by atoms with E-state index in [4.69, 9.17) is 4.99 Å². The largest absolute Gasteiger partial charge is 0.297 e. The van der Waals surface area contributed by atoms with Crippen molar-refractivity contribution < 1.29 is 4.79 Å². The van der Waals surface area contributed by atoms with E-state index in [1.54, 1.807) is 23.7 Å². The lowest BCUT2D eigenvalue weighted by molar-refractivity contribution is -0.113. The van der Waals surface area contributed by atoms with Crippen LogP contribution in [0, 0.1) is 11.3 Å². The third-order valence-corrected chi connectivity index (χ3v) is 7.20. The van der Waals surface area contributed by atoms with Gasteiger partial charge in [-0.3, -0.25) is 9.69 Å². The average Bonchev–Trinajstić information content (AvgIpc) is 3.10. The summed E-state index contributed by atoms with van der Waals surface area (Å²) in [4.78, 5) is 18.1. The Balaban J connectivity index is 2.09. The summed E-state index contributed by atoms with van der Waals surface area (Å²) in [5.74, 6) is 1.51. The summed E-state index contributed by atoms with van der Waals surface area (Å²) in [6.45, 7) is 6.66. The summed E-state index contributed by atoms with van der Waals surface area (Å²) in [5, 5.41) is 0.799. The molecule has 0 bridgehead atoms. The SMILES string of the molecule is CC1=C(/N=C(/SCC(C)C)N(C)C=O)c2ccccc2CC12CCCC2. The quantitative estimate of drug-likeness (QED) is 0.406. The van der Waals surface area contributed by atoms with E-state index in [1.165, 1.54) is 42.4 Å². The van der Waals surface area contributed by atoms with Crippen LogP contribution < -0.4 is 0 Å². The van der Waals surface area contributed by atoms with Crippen LogP contribution in [0.5, 0.6) is 0 Å². The molecule has 2 aliphatic carbocycles. The maximum Gasteiger partial charge on any atom is 0.215 e. The Kier molecular flexibility index (Phi) is 5.91. The van der Waals surface area contributed by atoms with Gasteiger partial charge in [0.05, 0.1) is 5.70 Å². The molecule has 0 radical (unpaired) electrons. The zero-order chi connectivity index (χ0) is 18.7. The molecule has 3 nitrogen and oxygen atoms in total.